The maximum Gasteiger partial charge on any atom is 0.0597 e. The molecule has 1 aliphatic heterocycles. The second-order valence-electron chi connectivity index (χ2n) is 5.21. The Bertz CT molecular complexity index is 204. The Labute approximate surface area is 98.7 Å². The number of hydrogen-bond acceptors (Lipinski definition) is 4. The van der Waals surface area contributed by atoms with Crippen molar-refractivity contribution in [3.8, 4) is 0 Å². The van der Waals surface area contributed by atoms with Crippen molar-refractivity contribution in [2.24, 2.45) is 5.73 Å². The van der Waals surface area contributed by atoms with Crippen molar-refractivity contribution in [3.05, 3.63) is 0 Å². The molecule has 2 aliphatic rings. The van der Waals surface area contributed by atoms with E-state index in [-0.39, 0.29) is 0 Å². The Morgan fingerprint density at radius 3 is 2.56 bits per heavy atom. The summed E-state index contributed by atoms with van der Waals surface area (Å²) in [6, 6.07) is 0.383. The quantitative estimate of drug-likeness (QED) is 0.741. The Morgan fingerprint density at radius 2 is 1.94 bits per heavy atom. The van der Waals surface area contributed by atoms with Gasteiger partial charge in [-0.2, -0.15) is 0 Å². The Balaban J connectivity index is 1.54. The standard InChI is InChI=1S/C12H25N3O/c1-14-4-6-15(7-5-14)8-9-16-12-3-2-11(13)10-12/h11-12H,2-10,13H2,1H3. The molecule has 2 N–H and O–H groups in total. The lowest BCUT2D eigenvalue weighted by atomic mass is 10.3. The van der Waals surface area contributed by atoms with Crippen molar-refractivity contribution < 1.29 is 4.74 Å². The van der Waals surface area contributed by atoms with E-state index in [2.05, 4.69) is 16.8 Å². The van der Waals surface area contributed by atoms with Crippen LogP contribution in [0.5, 0.6) is 0 Å². The third kappa shape index (κ3) is 3.70. The fraction of sp³-hybridized carbons (Fsp3) is 1.00. The van der Waals surface area contributed by atoms with Crippen LogP contribution in [-0.4, -0.2) is 68.3 Å². The highest BCUT2D eigenvalue weighted by molar-refractivity contribution is 4.78. The number of piperazine rings is 1. The van der Waals surface area contributed by atoms with Crippen LogP contribution in [0.15, 0.2) is 0 Å². The molecule has 0 spiro atoms. The Kier molecular flexibility index (Phi) is 4.58. The SMILES string of the molecule is CN1CCN(CCOC2CCC(N)C2)CC1. The van der Waals surface area contributed by atoms with E-state index in [1.165, 1.54) is 26.2 Å². The number of likely N-dealkylation sites (N-methyl/N-ethyl adjacent to an activating group) is 1. The molecule has 0 bridgehead atoms. The molecule has 1 saturated heterocycles. The molecule has 0 aromatic rings. The van der Waals surface area contributed by atoms with Crippen molar-refractivity contribution in [2.45, 2.75) is 31.4 Å². The van der Waals surface area contributed by atoms with Gasteiger partial charge in [0.2, 0.25) is 0 Å². The fourth-order valence-electron chi connectivity index (χ4n) is 2.54. The lowest BCUT2D eigenvalue weighted by Crippen LogP contribution is -2.45. The van der Waals surface area contributed by atoms with Crippen LogP contribution in [0.4, 0.5) is 0 Å². The largest absolute Gasteiger partial charge is 0.377 e. The van der Waals surface area contributed by atoms with E-state index in [1.807, 2.05) is 0 Å². The number of hydrogen-bond donors (Lipinski definition) is 1. The first-order valence-electron chi connectivity index (χ1n) is 6.52. The van der Waals surface area contributed by atoms with Crippen molar-refractivity contribution in [1.82, 2.24) is 9.80 Å². The molecule has 1 heterocycles. The molecular formula is C12H25N3O. The van der Waals surface area contributed by atoms with Gasteiger partial charge in [-0.1, -0.05) is 0 Å². The molecule has 2 rings (SSSR count). The molecule has 2 atom stereocenters. The van der Waals surface area contributed by atoms with Gasteiger partial charge < -0.3 is 15.4 Å². The van der Waals surface area contributed by atoms with Crippen LogP contribution >= 0.6 is 0 Å². The number of nitrogens with two attached hydrogens (primary N) is 1. The first-order chi connectivity index (χ1) is 7.74. The average molecular weight is 227 g/mol. The molecule has 4 heteroatoms. The predicted molar refractivity (Wildman–Crippen MR) is 65.5 cm³/mol. The maximum absolute atomic E-state index is 5.87. The molecule has 94 valence electrons. The van der Waals surface area contributed by atoms with E-state index in [1.54, 1.807) is 0 Å². The average Bonchev–Trinajstić information content (AvgIpc) is 2.67. The highest BCUT2D eigenvalue weighted by Crippen LogP contribution is 2.20. The zero-order valence-electron chi connectivity index (χ0n) is 10.4. The molecule has 0 aromatic carbocycles. The second kappa shape index (κ2) is 5.96. The van der Waals surface area contributed by atoms with Gasteiger partial charge in [0.25, 0.3) is 0 Å². The molecule has 2 fully saturated rings. The molecular weight excluding hydrogens is 202 g/mol. The van der Waals surface area contributed by atoms with Gasteiger partial charge in [-0.05, 0) is 26.3 Å². The van der Waals surface area contributed by atoms with Gasteiger partial charge in [0, 0.05) is 38.8 Å². The third-order valence-corrected chi connectivity index (χ3v) is 3.78. The summed E-state index contributed by atoms with van der Waals surface area (Å²) in [6.45, 7) is 6.71. The van der Waals surface area contributed by atoms with Crippen LogP contribution in [0.25, 0.3) is 0 Å². The van der Waals surface area contributed by atoms with Gasteiger partial charge in [0.15, 0.2) is 0 Å². The van der Waals surface area contributed by atoms with Crippen LogP contribution in [0.3, 0.4) is 0 Å². The van der Waals surface area contributed by atoms with Gasteiger partial charge in [-0.15, -0.1) is 0 Å². The highest BCUT2D eigenvalue weighted by Gasteiger charge is 2.22. The van der Waals surface area contributed by atoms with Crippen LogP contribution < -0.4 is 5.73 Å². The zero-order chi connectivity index (χ0) is 11.4. The summed E-state index contributed by atoms with van der Waals surface area (Å²) in [5.41, 5.74) is 5.86. The lowest BCUT2D eigenvalue weighted by molar-refractivity contribution is 0.0327. The minimum atomic E-state index is 0.383. The lowest BCUT2D eigenvalue weighted by Gasteiger charge is -2.32. The van der Waals surface area contributed by atoms with Crippen LogP contribution in [0.1, 0.15) is 19.3 Å². The zero-order valence-corrected chi connectivity index (χ0v) is 10.4. The minimum Gasteiger partial charge on any atom is -0.377 e. The van der Waals surface area contributed by atoms with Crippen molar-refractivity contribution in [3.63, 3.8) is 0 Å². The van der Waals surface area contributed by atoms with E-state index in [0.29, 0.717) is 12.1 Å². The summed E-state index contributed by atoms with van der Waals surface area (Å²) >= 11 is 0. The second-order valence-corrected chi connectivity index (χ2v) is 5.21. The van der Waals surface area contributed by atoms with Crippen molar-refractivity contribution in [2.75, 3.05) is 46.4 Å². The van der Waals surface area contributed by atoms with E-state index in [4.69, 9.17) is 10.5 Å². The van der Waals surface area contributed by atoms with Crippen LogP contribution in [0.2, 0.25) is 0 Å². The number of nitrogens with zero attached hydrogens (tertiary/aromatic N) is 2. The summed E-state index contributed by atoms with van der Waals surface area (Å²) < 4.78 is 5.87. The number of rotatable bonds is 4. The van der Waals surface area contributed by atoms with E-state index < -0.39 is 0 Å². The predicted octanol–water partition coefficient (Wildman–Crippen LogP) is 0.130. The van der Waals surface area contributed by atoms with Gasteiger partial charge in [0.05, 0.1) is 12.7 Å². The van der Waals surface area contributed by atoms with Crippen molar-refractivity contribution in [1.29, 1.82) is 0 Å². The summed E-state index contributed by atoms with van der Waals surface area (Å²) in [7, 11) is 2.19. The summed E-state index contributed by atoms with van der Waals surface area (Å²) in [5, 5.41) is 0. The molecule has 1 saturated carbocycles. The molecule has 4 nitrogen and oxygen atoms in total. The minimum absolute atomic E-state index is 0.383. The van der Waals surface area contributed by atoms with Gasteiger partial charge in [-0.25, -0.2) is 0 Å². The van der Waals surface area contributed by atoms with Crippen LogP contribution in [-0.2, 0) is 4.74 Å². The van der Waals surface area contributed by atoms with Gasteiger partial charge >= 0.3 is 0 Å². The van der Waals surface area contributed by atoms with E-state index in [0.717, 1.165) is 32.4 Å². The fourth-order valence-corrected chi connectivity index (χ4v) is 2.54. The first kappa shape index (κ1) is 12.3. The highest BCUT2D eigenvalue weighted by atomic mass is 16.5. The summed E-state index contributed by atoms with van der Waals surface area (Å²) in [6.07, 6.45) is 3.79. The van der Waals surface area contributed by atoms with Gasteiger partial charge in [0.1, 0.15) is 0 Å². The maximum atomic E-state index is 5.87. The number of ether oxygens (including phenoxy) is 1. The third-order valence-electron chi connectivity index (χ3n) is 3.78. The topological polar surface area (TPSA) is 41.7 Å². The summed E-state index contributed by atoms with van der Waals surface area (Å²) in [5.74, 6) is 0. The van der Waals surface area contributed by atoms with Crippen molar-refractivity contribution >= 4 is 0 Å². The molecule has 1 aliphatic carbocycles. The monoisotopic (exact) mass is 227 g/mol. The smallest absolute Gasteiger partial charge is 0.0597 e. The molecule has 16 heavy (non-hydrogen) atoms. The molecule has 2 unspecified atom stereocenters. The normalized spacial score (nSPS) is 33.4. The Hall–Kier alpha value is -0.160. The van der Waals surface area contributed by atoms with E-state index >= 15 is 0 Å². The van der Waals surface area contributed by atoms with Crippen LogP contribution in [0, 0.1) is 0 Å². The molecule has 0 radical (unpaired) electrons. The Morgan fingerprint density at radius 1 is 1.19 bits per heavy atom. The first-order valence-corrected chi connectivity index (χ1v) is 6.52. The summed E-state index contributed by atoms with van der Waals surface area (Å²) in [4.78, 5) is 4.88. The molecule has 0 amide bonds. The van der Waals surface area contributed by atoms with E-state index in [9.17, 15) is 0 Å². The van der Waals surface area contributed by atoms with Gasteiger partial charge in [-0.3, -0.25) is 4.90 Å². The molecule has 0 aromatic heterocycles.